The van der Waals surface area contributed by atoms with Gasteiger partial charge in [-0.05, 0) is 20.3 Å². The summed E-state index contributed by atoms with van der Waals surface area (Å²) in [5.74, 6) is 0.499. The molecular weight excluding hydrogens is 128 g/mol. The first kappa shape index (κ1) is 6.35. The van der Waals surface area contributed by atoms with Crippen molar-refractivity contribution in [3.05, 3.63) is 0 Å². The number of carbonyl (C=O) groups is 1. The molecule has 0 aromatic rings. The Bertz CT molecular complexity index is 211. The van der Waals surface area contributed by atoms with Gasteiger partial charge in [-0.1, -0.05) is 6.92 Å². The number of fused-ring (bicyclic) bond motifs is 1. The molecule has 1 saturated heterocycles. The highest BCUT2D eigenvalue weighted by molar-refractivity contribution is 5.96. The Hall–Kier alpha value is -0.370. The van der Waals surface area contributed by atoms with Crippen LogP contribution in [0.25, 0.3) is 0 Å². The number of ether oxygens (including phenoxy) is 1. The molecule has 1 heterocycles. The van der Waals surface area contributed by atoms with E-state index in [2.05, 4.69) is 0 Å². The van der Waals surface area contributed by atoms with Crippen molar-refractivity contribution < 1.29 is 9.53 Å². The zero-order valence-corrected chi connectivity index (χ0v) is 6.60. The summed E-state index contributed by atoms with van der Waals surface area (Å²) in [6.45, 7) is 5.90. The maximum Gasteiger partial charge on any atom is 0.170 e. The van der Waals surface area contributed by atoms with Gasteiger partial charge in [-0.3, -0.25) is 4.79 Å². The molecule has 2 rings (SSSR count). The second kappa shape index (κ2) is 1.30. The van der Waals surface area contributed by atoms with Gasteiger partial charge in [0.1, 0.15) is 5.60 Å². The smallest absolute Gasteiger partial charge is 0.170 e. The largest absolute Gasteiger partial charge is 0.355 e. The summed E-state index contributed by atoms with van der Waals surface area (Å²) in [7, 11) is 0. The Kier molecular flexibility index (Phi) is 0.828. The molecule has 0 amide bonds. The minimum absolute atomic E-state index is 0.108. The van der Waals surface area contributed by atoms with Gasteiger partial charge in [0.25, 0.3) is 0 Å². The Morgan fingerprint density at radius 1 is 1.60 bits per heavy atom. The minimum Gasteiger partial charge on any atom is -0.355 e. The van der Waals surface area contributed by atoms with E-state index in [0.29, 0.717) is 0 Å². The SMILES string of the molecule is CC1CC2(C)OC2(C)C1=O. The summed E-state index contributed by atoms with van der Waals surface area (Å²) >= 11 is 0. The number of hydrogen-bond donors (Lipinski definition) is 0. The average molecular weight is 140 g/mol. The van der Waals surface area contributed by atoms with Crippen LogP contribution in [0.4, 0.5) is 0 Å². The van der Waals surface area contributed by atoms with E-state index in [1.165, 1.54) is 0 Å². The van der Waals surface area contributed by atoms with Crippen LogP contribution in [0, 0.1) is 5.92 Å². The first-order valence-corrected chi connectivity index (χ1v) is 3.74. The quantitative estimate of drug-likeness (QED) is 0.472. The highest BCUT2D eigenvalue weighted by Crippen LogP contribution is 2.58. The number of epoxide rings is 1. The molecule has 3 atom stereocenters. The van der Waals surface area contributed by atoms with Crippen LogP contribution in [0.1, 0.15) is 27.2 Å². The summed E-state index contributed by atoms with van der Waals surface area (Å²) in [6, 6.07) is 0. The molecule has 56 valence electrons. The Morgan fingerprint density at radius 2 is 2.20 bits per heavy atom. The van der Waals surface area contributed by atoms with Crippen LogP contribution in [0.5, 0.6) is 0 Å². The van der Waals surface area contributed by atoms with Gasteiger partial charge in [-0.25, -0.2) is 0 Å². The van der Waals surface area contributed by atoms with Crippen molar-refractivity contribution in [2.45, 2.75) is 38.4 Å². The minimum atomic E-state index is -0.410. The Labute approximate surface area is 60.6 Å². The molecule has 2 nitrogen and oxygen atoms in total. The van der Waals surface area contributed by atoms with Crippen LogP contribution in [-0.4, -0.2) is 17.0 Å². The first-order chi connectivity index (χ1) is 4.50. The van der Waals surface area contributed by atoms with E-state index >= 15 is 0 Å². The fourth-order valence-corrected chi connectivity index (χ4v) is 2.12. The summed E-state index contributed by atoms with van der Waals surface area (Å²) in [4.78, 5) is 11.3. The van der Waals surface area contributed by atoms with Gasteiger partial charge in [0.15, 0.2) is 11.4 Å². The molecule has 0 aromatic carbocycles. The van der Waals surface area contributed by atoms with Gasteiger partial charge < -0.3 is 4.74 Å². The van der Waals surface area contributed by atoms with E-state index < -0.39 is 5.60 Å². The molecule has 0 N–H and O–H groups in total. The van der Waals surface area contributed by atoms with Crippen molar-refractivity contribution >= 4 is 5.78 Å². The van der Waals surface area contributed by atoms with Crippen LogP contribution >= 0.6 is 0 Å². The predicted octanol–water partition coefficient (Wildman–Crippen LogP) is 1.14. The first-order valence-electron chi connectivity index (χ1n) is 3.74. The molecule has 1 aliphatic heterocycles. The molecule has 2 aliphatic rings. The van der Waals surface area contributed by atoms with Gasteiger partial charge in [0.2, 0.25) is 0 Å². The highest BCUT2D eigenvalue weighted by Gasteiger charge is 2.73. The van der Waals surface area contributed by atoms with Crippen molar-refractivity contribution in [1.29, 1.82) is 0 Å². The molecule has 1 saturated carbocycles. The third-order valence-corrected chi connectivity index (χ3v) is 3.01. The average Bonchev–Trinajstić information content (AvgIpc) is 2.29. The Morgan fingerprint density at radius 3 is 2.40 bits per heavy atom. The second-order valence-corrected chi connectivity index (χ2v) is 3.84. The van der Waals surface area contributed by atoms with Crippen molar-refractivity contribution in [1.82, 2.24) is 0 Å². The number of Topliss-reactive ketones (excluding diaryl/α,β-unsaturated/α-hetero) is 1. The van der Waals surface area contributed by atoms with Crippen LogP contribution in [0.3, 0.4) is 0 Å². The maximum absolute atomic E-state index is 11.3. The van der Waals surface area contributed by atoms with Crippen molar-refractivity contribution in [2.24, 2.45) is 5.92 Å². The van der Waals surface area contributed by atoms with E-state index in [0.717, 1.165) is 6.42 Å². The molecule has 2 fully saturated rings. The van der Waals surface area contributed by atoms with E-state index in [4.69, 9.17) is 4.74 Å². The summed E-state index contributed by atoms with van der Waals surface area (Å²) < 4.78 is 5.36. The molecule has 3 unspecified atom stereocenters. The molecule has 2 heteroatoms. The topological polar surface area (TPSA) is 29.6 Å². The monoisotopic (exact) mass is 140 g/mol. The number of hydrogen-bond acceptors (Lipinski definition) is 2. The third-order valence-electron chi connectivity index (χ3n) is 3.01. The van der Waals surface area contributed by atoms with Crippen LogP contribution in [0.2, 0.25) is 0 Å². The van der Waals surface area contributed by atoms with Gasteiger partial charge in [-0.15, -0.1) is 0 Å². The molecular formula is C8H12O2. The van der Waals surface area contributed by atoms with E-state index in [1.54, 1.807) is 0 Å². The van der Waals surface area contributed by atoms with Gasteiger partial charge in [-0.2, -0.15) is 0 Å². The molecule has 0 radical (unpaired) electrons. The lowest BCUT2D eigenvalue weighted by Crippen LogP contribution is -2.22. The van der Waals surface area contributed by atoms with Gasteiger partial charge in [0, 0.05) is 5.92 Å². The molecule has 1 aliphatic carbocycles. The van der Waals surface area contributed by atoms with Gasteiger partial charge >= 0.3 is 0 Å². The fourth-order valence-electron chi connectivity index (χ4n) is 2.12. The fraction of sp³-hybridized carbons (Fsp3) is 0.875. The lowest BCUT2D eigenvalue weighted by Gasteiger charge is -2.03. The maximum atomic E-state index is 11.3. The van der Waals surface area contributed by atoms with Crippen molar-refractivity contribution in [2.75, 3.05) is 0 Å². The molecule has 0 bridgehead atoms. The van der Waals surface area contributed by atoms with Crippen LogP contribution in [0.15, 0.2) is 0 Å². The van der Waals surface area contributed by atoms with Crippen molar-refractivity contribution in [3.63, 3.8) is 0 Å². The molecule has 10 heavy (non-hydrogen) atoms. The number of carbonyl (C=O) groups excluding carboxylic acids is 1. The zero-order valence-electron chi connectivity index (χ0n) is 6.60. The summed E-state index contributed by atoms with van der Waals surface area (Å²) in [5.41, 5.74) is -0.518. The number of rotatable bonds is 0. The lowest BCUT2D eigenvalue weighted by molar-refractivity contribution is -0.126. The summed E-state index contributed by atoms with van der Waals surface area (Å²) in [5, 5.41) is 0. The van der Waals surface area contributed by atoms with E-state index in [1.807, 2.05) is 20.8 Å². The zero-order chi connectivity index (χ0) is 7.57. The Balaban J connectivity index is 2.35. The van der Waals surface area contributed by atoms with Crippen molar-refractivity contribution in [3.8, 4) is 0 Å². The normalized spacial score (nSPS) is 58.7. The van der Waals surface area contributed by atoms with E-state index in [9.17, 15) is 4.79 Å². The lowest BCUT2D eigenvalue weighted by atomic mass is 10.0. The molecule has 0 aromatic heterocycles. The summed E-state index contributed by atoms with van der Waals surface area (Å²) in [6.07, 6.45) is 0.905. The molecule has 0 spiro atoms. The van der Waals surface area contributed by atoms with Crippen LogP contribution in [-0.2, 0) is 9.53 Å². The van der Waals surface area contributed by atoms with E-state index in [-0.39, 0.29) is 17.3 Å². The third kappa shape index (κ3) is 0.439. The standard InChI is InChI=1S/C8H12O2/c1-5-4-7(2)8(3,10-7)6(5)9/h5H,4H2,1-3H3. The predicted molar refractivity (Wildman–Crippen MR) is 36.7 cm³/mol. The highest BCUT2D eigenvalue weighted by atomic mass is 16.6. The number of ketones is 1. The van der Waals surface area contributed by atoms with Gasteiger partial charge in [0.05, 0.1) is 0 Å². The second-order valence-electron chi connectivity index (χ2n) is 3.84. The van der Waals surface area contributed by atoms with Crippen LogP contribution < -0.4 is 0 Å².